The van der Waals surface area contributed by atoms with Gasteiger partial charge in [0.25, 0.3) is 0 Å². The summed E-state index contributed by atoms with van der Waals surface area (Å²) in [4.78, 5) is 4.61. The minimum atomic E-state index is 0.685. The molecule has 0 atom stereocenters. The lowest BCUT2D eigenvalue weighted by Crippen LogP contribution is -2.15. The lowest BCUT2D eigenvalue weighted by Gasteiger charge is -2.07. The van der Waals surface area contributed by atoms with Gasteiger partial charge in [-0.2, -0.15) is 0 Å². The van der Waals surface area contributed by atoms with E-state index in [0.717, 1.165) is 22.8 Å². The van der Waals surface area contributed by atoms with E-state index >= 15 is 0 Å². The van der Waals surface area contributed by atoms with Gasteiger partial charge in [-0.05, 0) is 25.4 Å². The summed E-state index contributed by atoms with van der Waals surface area (Å²) in [5.74, 6) is 0.970. The van der Waals surface area contributed by atoms with Crippen molar-refractivity contribution in [3.8, 4) is 5.75 Å². The van der Waals surface area contributed by atoms with Gasteiger partial charge in [0.15, 0.2) is 0 Å². The minimum absolute atomic E-state index is 0.685. The second-order valence-corrected chi connectivity index (χ2v) is 6.22. The molecule has 3 aromatic rings. The van der Waals surface area contributed by atoms with Crippen molar-refractivity contribution < 1.29 is 4.74 Å². The lowest BCUT2D eigenvalue weighted by molar-refractivity contribution is 0.322. The fraction of sp³-hybridized carbons (Fsp3) is 0.308. The first-order chi connectivity index (χ1) is 8.79. The Balaban J connectivity index is 2.12. The van der Waals surface area contributed by atoms with Crippen molar-refractivity contribution >= 4 is 43.0 Å². The molecule has 18 heavy (non-hydrogen) atoms. The zero-order chi connectivity index (χ0) is 12.5. The first-order valence-corrected chi connectivity index (χ1v) is 7.54. The lowest BCUT2D eigenvalue weighted by atomic mass is 10.2. The van der Waals surface area contributed by atoms with Crippen molar-refractivity contribution in [1.29, 1.82) is 0 Å². The molecule has 0 amide bonds. The summed E-state index contributed by atoms with van der Waals surface area (Å²) in [6.07, 6.45) is 0. The molecular formula is C13H14N2OS2. The third-order valence-electron chi connectivity index (χ3n) is 2.78. The molecule has 3 nitrogen and oxygen atoms in total. The SMILES string of the molecule is CNCCOc1cc2sc(C)nc2c2sccc12. The summed E-state index contributed by atoms with van der Waals surface area (Å²) in [6.45, 7) is 3.59. The fourth-order valence-corrected chi connectivity index (χ4v) is 3.80. The molecule has 0 bridgehead atoms. The number of likely N-dealkylation sites (N-methyl/N-ethyl adjacent to an activating group) is 1. The van der Waals surface area contributed by atoms with Crippen LogP contribution in [-0.4, -0.2) is 25.2 Å². The van der Waals surface area contributed by atoms with Gasteiger partial charge in [-0.25, -0.2) is 4.98 Å². The highest BCUT2D eigenvalue weighted by Crippen LogP contribution is 2.38. The Morgan fingerprint density at radius 1 is 1.44 bits per heavy atom. The van der Waals surface area contributed by atoms with E-state index in [-0.39, 0.29) is 0 Å². The summed E-state index contributed by atoms with van der Waals surface area (Å²) in [5, 5.41) is 7.47. The number of hydrogen-bond donors (Lipinski definition) is 1. The van der Waals surface area contributed by atoms with Gasteiger partial charge in [0, 0.05) is 18.0 Å². The quantitative estimate of drug-likeness (QED) is 0.743. The van der Waals surface area contributed by atoms with Gasteiger partial charge < -0.3 is 10.1 Å². The summed E-state index contributed by atoms with van der Waals surface area (Å²) in [7, 11) is 1.93. The summed E-state index contributed by atoms with van der Waals surface area (Å²) >= 11 is 3.46. The number of aromatic nitrogens is 1. The molecule has 1 aromatic carbocycles. The first-order valence-electron chi connectivity index (χ1n) is 5.84. The van der Waals surface area contributed by atoms with Crippen LogP contribution in [0.2, 0.25) is 0 Å². The number of aryl methyl sites for hydroxylation is 1. The smallest absolute Gasteiger partial charge is 0.129 e. The van der Waals surface area contributed by atoms with Crippen LogP contribution in [0.3, 0.4) is 0 Å². The van der Waals surface area contributed by atoms with Crippen LogP contribution in [0.5, 0.6) is 5.75 Å². The Hall–Kier alpha value is -1.17. The maximum Gasteiger partial charge on any atom is 0.129 e. The van der Waals surface area contributed by atoms with Gasteiger partial charge in [-0.1, -0.05) is 0 Å². The number of thiophene rings is 1. The normalized spacial score (nSPS) is 11.4. The monoisotopic (exact) mass is 278 g/mol. The van der Waals surface area contributed by atoms with E-state index in [4.69, 9.17) is 4.74 Å². The summed E-state index contributed by atoms with van der Waals surface area (Å²) < 4.78 is 8.30. The highest BCUT2D eigenvalue weighted by molar-refractivity contribution is 7.21. The highest BCUT2D eigenvalue weighted by Gasteiger charge is 2.12. The van der Waals surface area contributed by atoms with Gasteiger partial charge in [0.1, 0.15) is 12.4 Å². The van der Waals surface area contributed by atoms with Crippen LogP contribution in [0.4, 0.5) is 0 Å². The molecule has 0 saturated carbocycles. The number of nitrogens with zero attached hydrogens (tertiary/aromatic N) is 1. The number of benzene rings is 1. The highest BCUT2D eigenvalue weighted by atomic mass is 32.1. The van der Waals surface area contributed by atoms with Crippen LogP contribution in [0.1, 0.15) is 5.01 Å². The van der Waals surface area contributed by atoms with Gasteiger partial charge in [0.2, 0.25) is 0 Å². The molecule has 0 fully saturated rings. The van der Waals surface area contributed by atoms with Crippen LogP contribution in [-0.2, 0) is 0 Å². The molecule has 0 radical (unpaired) electrons. The second kappa shape index (κ2) is 4.84. The molecule has 0 spiro atoms. The van der Waals surface area contributed by atoms with Crippen molar-refractivity contribution in [2.75, 3.05) is 20.2 Å². The molecule has 0 unspecified atom stereocenters. The molecule has 0 aliphatic heterocycles. The zero-order valence-electron chi connectivity index (χ0n) is 10.3. The zero-order valence-corrected chi connectivity index (χ0v) is 12.0. The Bertz CT molecular complexity index is 687. The maximum atomic E-state index is 5.86. The Morgan fingerprint density at radius 3 is 3.17 bits per heavy atom. The van der Waals surface area contributed by atoms with Crippen molar-refractivity contribution in [2.24, 2.45) is 0 Å². The molecule has 1 N–H and O–H groups in total. The number of nitrogens with one attached hydrogen (secondary N) is 1. The number of ether oxygens (including phenoxy) is 1. The molecule has 0 aliphatic rings. The van der Waals surface area contributed by atoms with Crippen LogP contribution in [0, 0.1) is 6.92 Å². The van der Waals surface area contributed by atoms with E-state index in [9.17, 15) is 0 Å². The molecule has 3 rings (SSSR count). The van der Waals surface area contributed by atoms with Gasteiger partial charge in [-0.15, -0.1) is 22.7 Å². The standard InChI is InChI=1S/C13H14N2OS2/c1-8-15-12-11(18-8)7-10(16-5-4-14-2)9-3-6-17-13(9)12/h3,6-7,14H,4-5H2,1-2H3. The number of hydrogen-bond acceptors (Lipinski definition) is 5. The molecule has 94 valence electrons. The van der Waals surface area contributed by atoms with Gasteiger partial charge >= 0.3 is 0 Å². The van der Waals surface area contributed by atoms with Crippen molar-refractivity contribution in [2.45, 2.75) is 6.92 Å². The maximum absolute atomic E-state index is 5.86. The average Bonchev–Trinajstić information content (AvgIpc) is 2.94. The third-order valence-corrected chi connectivity index (χ3v) is 4.62. The Kier molecular flexibility index (Phi) is 3.20. The molecule has 0 saturated heterocycles. The third kappa shape index (κ3) is 1.98. The van der Waals surface area contributed by atoms with E-state index in [1.54, 1.807) is 22.7 Å². The largest absolute Gasteiger partial charge is 0.492 e. The van der Waals surface area contributed by atoms with E-state index in [1.807, 2.05) is 14.0 Å². The molecule has 2 aromatic heterocycles. The van der Waals surface area contributed by atoms with Crippen LogP contribution in [0.25, 0.3) is 20.3 Å². The topological polar surface area (TPSA) is 34.1 Å². The minimum Gasteiger partial charge on any atom is -0.492 e. The van der Waals surface area contributed by atoms with Crippen molar-refractivity contribution in [1.82, 2.24) is 10.3 Å². The van der Waals surface area contributed by atoms with Crippen LogP contribution < -0.4 is 10.1 Å². The van der Waals surface area contributed by atoms with E-state index < -0.39 is 0 Å². The van der Waals surface area contributed by atoms with Crippen LogP contribution in [0.15, 0.2) is 17.5 Å². The van der Waals surface area contributed by atoms with Crippen molar-refractivity contribution in [3.05, 3.63) is 22.5 Å². The van der Waals surface area contributed by atoms with Crippen LogP contribution >= 0.6 is 22.7 Å². The Labute approximate surface area is 113 Å². The fourth-order valence-electron chi connectivity index (χ4n) is 1.97. The van der Waals surface area contributed by atoms with Gasteiger partial charge in [0.05, 0.1) is 19.9 Å². The van der Waals surface area contributed by atoms with Crippen molar-refractivity contribution in [3.63, 3.8) is 0 Å². The predicted octanol–water partition coefficient (Wildman–Crippen LogP) is 3.42. The summed E-state index contributed by atoms with van der Waals surface area (Å²) in [5.41, 5.74) is 1.11. The van der Waals surface area contributed by atoms with E-state index in [0.29, 0.717) is 6.61 Å². The molecule has 2 heterocycles. The molecular weight excluding hydrogens is 264 g/mol. The number of fused-ring (bicyclic) bond motifs is 3. The second-order valence-electron chi connectivity index (χ2n) is 4.07. The van der Waals surface area contributed by atoms with E-state index in [1.165, 1.54) is 14.8 Å². The molecule has 5 heteroatoms. The number of rotatable bonds is 4. The Morgan fingerprint density at radius 2 is 2.33 bits per heavy atom. The predicted molar refractivity (Wildman–Crippen MR) is 79.2 cm³/mol. The number of thiazole rings is 1. The van der Waals surface area contributed by atoms with Gasteiger partial charge in [-0.3, -0.25) is 0 Å². The summed E-state index contributed by atoms with van der Waals surface area (Å²) in [6, 6.07) is 4.23. The molecule has 0 aliphatic carbocycles. The van der Waals surface area contributed by atoms with E-state index in [2.05, 4.69) is 27.8 Å². The average molecular weight is 278 g/mol. The first kappa shape index (κ1) is 11.9.